The van der Waals surface area contributed by atoms with E-state index in [-0.39, 0.29) is 11.9 Å². The molecule has 0 aliphatic carbocycles. The van der Waals surface area contributed by atoms with Gasteiger partial charge in [-0.05, 0) is 0 Å². The van der Waals surface area contributed by atoms with Gasteiger partial charge in [-0.15, -0.1) is 0 Å². The van der Waals surface area contributed by atoms with E-state index in [2.05, 4.69) is 20.2 Å². The fourth-order valence-corrected chi connectivity index (χ4v) is 2.85. The Morgan fingerprint density at radius 1 is 1.38 bits per heavy atom. The smallest absolute Gasteiger partial charge is 0.224 e. The average Bonchev–Trinajstić information content (AvgIpc) is 3.14. The van der Waals surface area contributed by atoms with E-state index in [1.807, 2.05) is 11.1 Å². The van der Waals surface area contributed by atoms with Gasteiger partial charge in [0.1, 0.15) is 5.82 Å². The Bertz CT molecular complexity index is 444. The van der Waals surface area contributed by atoms with Crippen molar-refractivity contribution in [3.05, 3.63) is 18.2 Å². The number of ether oxygens (including phenoxy) is 1. The summed E-state index contributed by atoms with van der Waals surface area (Å²) in [5.74, 6) is 1.16. The Hall–Kier alpha value is -1.44. The largest absolute Gasteiger partial charge is 0.379 e. The van der Waals surface area contributed by atoms with Crippen molar-refractivity contribution in [2.75, 3.05) is 45.9 Å². The normalized spacial score (nSPS) is 23.9. The summed E-state index contributed by atoms with van der Waals surface area (Å²) in [5, 5.41) is 3.39. The molecule has 0 unspecified atom stereocenters. The molecule has 2 aliphatic heterocycles. The van der Waals surface area contributed by atoms with E-state index >= 15 is 0 Å². The number of morpholine rings is 1. The fourth-order valence-electron chi connectivity index (χ4n) is 2.85. The van der Waals surface area contributed by atoms with Crippen LogP contribution < -0.4 is 5.32 Å². The van der Waals surface area contributed by atoms with Crippen LogP contribution in [0.4, 0.5) is 0 Å². The Labute approximate surface area is 124 Å². The quantitative estimate of drug-likeness (QED) is 0.735. The van der Waals surface area contributed by atoms with Gasteiger partial charge in [0.2, 0.25) is 5.91 Å². The van der Waals surface area contributed by atoms with Gasteiger partial charge in [0.25, 0.3) is 0 Å². The zero-order valence-corrected chi connectivity index (χ0v) is 12.3. The molecule has 7 nitrogen and oxygen atoms in total. The molecule has 1 aromatic rings. The van der Waals surface area contributed by atoms with Crippen LogP contribution in [-0.2, 0) is 16.1 Å². The van der Waals surface area contributed by atoms with E-state index in [0.29, 0.717) is 13.0 Å². The monoisotopic (exact) mass is 293 g/mol. The summed E-state index contributed by atoms with van der Waals surface area (Å²) in [6, 6.07) is 0.229. The van der Waals surface area contributed by atoms with E-state index in [4.69, 9.17) is 4.74 Å². The summed E-state index contributed by atoms with van der Waals surface area (Å²) in [6.07, 6.45) is 4.14. The molecule has 0 spiro atoms. The fraction of sp³-hybridized carbons (Fsp3) is 0.714. The lowest BCUT2D eigenvalue weighted by molar-refractivity contribution is -0.128. The van der Waals surface area contributed by atoms with E-state index < -0.39 is 0 Å². The van der Waals surface area contributed by atoms with Gasteiger partial charge in [-0.3, -0.25) is 9.69 Å². The van der Waals surface area contributed by atoms with Gasteiger partial charge in [0.05, 0.1) is 19.8 Å². The zero-order valence-electron chi connectivity index (χ0n) is 12.3. The minimum Gasteiger partial charge on any atom is -0.379 e. The second-order valence-electron chi connectivity index (χ2n) is 5.61. The Morgan fingerprint density at radius 2 is 2.24 bits per heavy atom. The number of aromatic nitrogens is 2. The minimum absolute atomic E-state index is 0.229. The number of rotatable bonds is 6. The number of carbonyl (C=O) groups is 1. The average molecular weight is 293 g/mol. The molecule has 1 amide bonds. The van der Waals surface area contributed by atoms with Crippen LogP contribution in [-0.4, -0.2) is 77.7 Å². The first-order valence-electron chi connectivity index (χ1n) is 7.61. The van der Waals surface area contributed by atoms with Crippen LogP contribution in [0, 0.1) is 0 Å². The third-order valence-electron chi connectivity index (χ3n) is 4.12. The van der Waals surface area contributed by atoms with Crippen molar-refractivity contribution in [3.8, 4) is 0 Å². The van der Waals surface area contributed by atoms with Crippen molar-refractivity contribution in [1.82, 2.24) is 25.1 Å². The lowest BCUT2D eigenvalue weighted by atomic mass is 10.2. The molecule has 0 bridgehead atoms. The van der Waals surface area contributed by atoms with Crippen molar-refractivity contribution in [1.29, 1.82) is 0 Å². The van der Waals surface area contributed by atoms with Crippen LogP contribution in [0.15, 0.2) is 12.4 Å². The van der Waals surface area contributed by atoms with Crippen LogP contribution in [0.5, 0.6) is 0 Å². The highest BCUT2D eigenvalue weighted by atomic mass is 16.5. The van der Waals surface area contributed by atoms with E-state index in [9.17, 15) is 4.79 Å². The molecule has 0 radical (unpaired) electrons. The van der Waals surface area contributed by atoms with Crippen molar-refractivity contribution in [2.24, 2.45) is 0 Å². The van der Waals surface area contributed by atoms with E-state index in [1.54, 1.807) is 6.20 Å². The number of nitrogens with zero attached hydrogens (tertiary/aromatic N) is 3. The van der Waals surface area contributed by atoms with Gasteiger partial charge < -0.3 is 19.9 Å². The van der Waals surface area contributed by atoms with Crippen LogP contribution in [0.25, 0.3) is 0 Å². The molecule has 0 saturated carbocycles. The lowest BCUT2D eigenvalue weighted by Gasteiger charge is -2.28. The maximum Gasteiger partial charge on any atom is 0.224 e. The lowest BCUT2D eigenvalue weighted by Crippen LogP contribution is -2.42. The predicted octanol–water partition coefficient (Wildman–Crippen LogP) is -0.568. The summed E-state index contributed by atoms with van der Waals surface area (Å²) >= 11 is 0. The first-order chi connectivity index (χ1) is 10.3. The SMILES string of the molecule is O=C1C[C@H](NCc2ncc[nH]2)CN1CCN1CCOCC1. The molecule has 2 saturated heterocycles. The highest BCUT2D eigenvalue weighted by Gasteiger charge is 2.29. The molecule has 2 fully saturated rings. The second kappa shape index (κ2) is 7.02. The number of carbonyl (C=O) groups excluding carboxylic acids is 1. The third-order valence-corrected chi connectivity index (χ3v) is 4.12. The highest BCUT2D eigenvalue weighted by Crippen LogP contribution is 2.11. The van der Waals surface area contributed by atoms with Gasteiger partial charge in [-0.2, -0.15) is 0 Å². The summed E-state index contributed by atoms with van der Waals surface area (Å²) in [7, 11) is 0. The topological polar surface area (TPSA) is 73.5 Å². The maximum atomic E-state index is 12.0. The molecule has 2 aliphatic rings. The molecule has 7 heteroatoms. The molecular formula is C14H23N5O2. The molecule has 1 atom stereocenters. The van der Waals surface area contributed by atoms with Crippen LogP contribution >= 0.6 is 0 Å². The number of likely N-dealkylation sites (tertiary alicyclic amines) is 1. The van der Waals surface area contributed by atoms with Gasteiger partial charge in [0.15, 0.2) is 0 Å². The maximum absolute atomic E-state index is 12.0. The molecule has 0 aromatic carbocycles. The minimum atomic E-state index is 0.229. The van der Waals surface area contributed by atoms with Crippen molar-refractivity contribution in [3.63, 3.8) is 0 Å². The summed E-state index contributed by atoms with van der Waals surface area (Å²) in [4.78, 5) is 23.6. The van der Waals surface area contributed by atoms with Crippen LogP contribution in [0.2, 0.25) is 0 Å². The van der Waals surface area contributed by atoms with Crippen LogP contribution in [0.3, 0.4) is 0 Å². The molecule has 2 N–H and O–H groups in total. The van der Waals surface area contributed by atoms with Crippen molar-refractivity contribution in [2.45, 2.75) is 19.0 Å². The summed E-state index contributed by atoms with van der Waals surface area (Å²) < 4.78 is 5.34. The van der Waals surface area contributed by atoms with Gasteiger partial charge in [-0.1, -0.05) is 0 Å². The predicted molar refractivity (Wildman–Crippen MR) is 77.7 cm³/mol. The number of imidazole rings is 1. The zero-order chi connectivity index (χ0) is 14.5. The molecule has 1 aromatic heterocycles. The third kappa shape index (κ3) is 4.03. The van der Waals surface area contributed by atoms with Crippen molar-refractivity contribution < 1.29 is 9.53 Å². The second-order valence-corrected chi connectivity index (χ2v) is 5.61. The van der Waals surface area contributed by atoms with E-state index in [1.165, 1.54) is 0 Å². The number of nitrogens with one attached hydrogen (secondary N) is 2. The Kier molecular flexibility index (Phi) is 4.84. The van der Waals surface area contributed by atoms with Gasteiger partial charge >= 0.3 is 0 Å². The highest BCUT2D eigenvalue weighted by molar-refractivity contribution is 5.79. The Balaban J connectivity index is 1.39. The number of aromatic amines is 1. The molecule has 116 valence electrons. The molecule has 3 rings (SSSR count). The molecular weight excluding hydrogens is 270 g/mol. The first kappa shape index (κ1) is 14.5. The summed E-state index contributed by atoms with van der Waals surface area (Å²) in [5.41, 5.74) is 0. The van der Waals surface area contributed by atoms with Gasteiger partial charge in [0, 0.05) is 57.6 Å². The first-order valence-corrected chi connectivity index (χ1v) is 7.61. The number of amides is 1. The van der Waals surface area contributed by atoms with Gasteiger partial charge in [-0.25, -0.2) is 4.98 Å². The number of H-pyrrole nitrogens is 1. The van der Waals surface area contributed by atoms with Crippen molar-refractivity contribution >= 4 is 5.91 Å². The number of hydrogen-bond acceptors (Lipinski definition) is 5. The molecule has 21 heavy (non-hydrogen) atoms. The summed E-state index contributed by atoms with van der Waals surface area (Å²) in [6.45, 7) is 6.80. The Morgan fingerprint density at radius 3 is 3.00 bits per heavy atom. The number of hydrogen-bond donors (Lipinski definition) is 2. The van der Waals surface area contributed by atoms with Crippen LogP contribution in [0.1, 0.15) is 12.2 Å². The molecule has 3 heterocycles. The standard InChI is InChI=1S/C14H23N5O2/c20-14-9-12(17-10-13-15-1-2-16-13)11-19(14)4-3-18-5-7-21-8-6-18/h1-2,12,17H,3-11H2,(H,15,16)/t12-/m0/s1. The van der Waals surface area contributed by atoms with E-state index in [0.717, 1.165) is 51.8 Å².